The molecular formula is C94H128N12O6. The van der Waals surface area contributed by atoms with Gasteiger partial charge in [0.05, 0.1) is 66.2 Å². The van der Waals surface area contributed by atoms with Crippen LogP contribution in [0.15, 0.2) is 72.8 Å². The van der Waals surface area contributed by atoms with E-state index in [1.165, 1.54) is 94.3 Å². The van der Waals surface area contributed by atoms with E-state index in [2.05, 4.69) is 241 Å². The number of hydrogen-bond acceptors (Lipinski definition) is 12. The Morgan fingerprint density at radius 3 is 0.562 bits per heavy atom. The third kappa shape index (κ3) is 25.1. The van der Waals surface area contributed by atoms with Crippen LogP contribution in [0.3, 0.4) is 0 Å². The summed E-state index contributed by atoms with van der Waals surface area (Å²) in [5.41, 5.74) is 28.8. The van der Waals surface area contributed by atoms with Crippen LogP contribution >= 0.6 is 0 Å². The Hall–Kier alpha value is -9.84. The normalized spacial score (nSPS) is 11.1. The molecule has 6 aromatic carbocycles. The number of Topliss-reactive ketones (excluding diaryl/α,β-unsaturated/α-hetero) is 6. The van der Waals surface area contributed by atoms with Crippen LogP contribution in [-0.4, -0.2) is 92.0 Å². The van der Waals surface area contributed by atoms with Gasteiger partial charge in [-0.3, -0.25) is 4.79 Å². The van der Waals surface area contributed by atoms with Gasteiger partial charge in [-0.25, -0.2) is 29.9 Å². The van der Waals surface area contributed by atoms with Crippen LogP contribution in [0.2, 0.25) is 0 Å². The average Bonchev–Trinajstić information content (AvgIpc) is 1.69. The highest BCUT2D eigenvalue weighted by atomic mass is 16.1. The van der Waals surface area contributed by atoms with Gasteiger partial charge >= 0.3 is 0 Å². The second kappa shape index (κ2) is 41.6. The first-order valence-corrected chi connectivity index (χ1v) is 40.5. The molecule has 0 unspecified atom stereocenters. The largest absolute Gasteiger partial charge is 0.328 e. The average molecular weight is 1520 g/mol. The number of benzene rings is 6. The van der Waals surface area contributed by atoms with E-state index in [0.717, 1.165) is 177 Å². The van der Waals surface area contributed by atoms with E-state index < -0.39 is 0 Å². The number of carbonyl (C=O) groups excluding carboxylic acids is 6. The van der Waals surface area contributed by atoms with Gasteiger partial charge < -0.3 is 51.4 Å². The number of ketones is 6. The zero-order valence-electron chi connectivity index (χ0n) is 72.3. The highest BCUT2D eigenvalue weighted by molar-refractivity contribution is 5.85. The smallest absolute Gasteiger partial charge is 0.131 e. The van der Waals surface area contributed by atoms with E-state index in [-0.39, 0.29) is 28.9 Å². The third-order valence-electron chi connectivity index (χ3n) is 20.8. The highest BCUT2D eigenvalue weighted by Crippen LogP contribution is 2.29. The lowest BCUT2D eigenvalue weighted by Gasteiger charge is -2.07. The quantitative estimate of drug-likeness (QED) is 0.0419. The monoisotopic (exact) mass is 1520 g/mol. The van der Waals surface area contributed by atoms with Crippen LogP contribution in [-0.2, 0) is 68.0 Å². The molecule has 12 rings (SSSR count). The molecule has 18 heteroatoms. The number of nitrogens with zero attached hydrogens (tertiary/aromatic N) is 12. The maximum atomic E-state index is 11.1. The molecule has 0 saturated carbocycles. The van der Waals surface area contributed by atoms with Crippen molar-refractivity contribution in [3.8, 4) is 0 Å². The predicted molar refractivity (Wildman–Crippen MR) is 462 cm³/mol. The number of carbonyl (C=O) groups is 6. The molecule has 6 heterocycles. The Bertz CT molecular complexity index is 5070. The molecule has 18 nitrogen and oxygen atoms in total. The summed E-state index contributed by atoms with van der Waals surface area (Å²) in [5.74, 6) is 7.87. The maximum absolute atomic E-state index is 11.1. The number of aryl methyl sites for hydroxylation is 24. The summed E-state index contributed by atoms with van der Waals surface area (Å²) < 4.78 is 13.5. The first-order valence-electron chi connectivity index (χ1n) is 40.5. The number of fused-ring (bicyclic) bond motifs is 6. The fraction of sp³-hybridized carbons (Fsp3) is 0.489. The molecule has 12 aromatic rings. The molecule has 112 heavy (non-hydrogen) atoms. The van der Waals surface area contributed by atoms with Crippen molar-refractivity contribution in [3.63, 3.8) is 0 Å². The Morgan fingerprint density at radius 2 is 0.366 bits per heavy atom. The Labute approximate surface area is 666 Å². The molecule has 0 radical (unpaired) electrons. The van der Waals surface area contributed by atoms with Crippen molar-refractivity contribution in [2.24, 2.45) is 0 Å². The summed E-state index contributed by atoms with van der Waals surface area (Å²) in [4.78, 5) is 93.8. The van der Waals surface area contributed by atoms with Gasteiger partial charge in [0, 0.05) is 77.8 Å². The maximum Gasteiger partial charge on any atom is 0.131 e. The lowest BCUT2D eigenvalue weighted by atomic mass is 10.1. The van der Waals surface area contributed by atoms with E-state index in [4.69, 9.17) is 0 Å². The Balaban J connectivity index is 0.000000187. The van der Waals surface area contributed by atoms with Crippen LogP contribution < -0.4 is 0 Å². The molecule has 0 aliphatic rings. The Kier molecular flexibility index (Phi) is 33.2. The summed E-state index contributed by atoms with van der Waals surface area (Å²) in [7, 11) is 0. The van der Waals surface area contributed by atoms with Crippen LogP contribution in [0, 0.1) is 125 Å². The minimum atomic E-state index is 0.218. The van der Waals surface area contributed by atoms with Gasteiger partial charge in [0.2, 0.25) is 0 Å². The third-order valence-corrected chi connectivity index (χ3v) is 20.8. The summed E-state index contributed by atoms with van der Waals surface area (Å²) >= 11 is 0. The van der Waals surface area contributed by atoms with Gasteiger partial charge in [0.25, 0.3) is 0 Å². The van der Waals surface area contributed by atoms with Crippen LogP contribution in [0.1, 0.15) is 246 Å². The molecule has 0 saturated heterocycles. The number of unbranched alkanes of at least 4 members (excludes halogenated alkanes) is 5. The lowest BCUT2D eigenvalue weighted by Crippen LogP contribution is -2.04. The van der Waals surface area contributed by atoms with Gasteiger partial charge in [0.1, 0.15) is 69.6 Å². The molecule has 6 aromatic heterocycles. The molecule has 0 N–H and O–H groups in total. The van der Waals surface area contributed by atoms with Crippen LogP contribution in [0.4, 0.5) is 0 Å². The van der Waals surface area contributed by atoms with Crippen molar-refractivity contribution in [2.75, 3.05) is 0 Å². The van der Waals surface area contributed by atoms with E-state index >= 15 is 0 Å². The highest BCUT2D eigenvalue weighted by Gasteiger charge is 2.17. The van der Waals surface area contributed by atoms with Gasteiger partial charge in [-0.2, -0.15) is 0 Å². The second-order valence-corrected chi connectivity index (χ2v) is 31.8. The standard InChI is InChI=1S/C17H24N2O.3C16H22N2O.C15H20N2O.C14H18N2O/c1-12-10-13(2)17-16(11-12)19(15(4)18-17)9-7-5-6-8-14(3)20;3*1-11-9-12(2)16-15(10-11)18(14(4)17-16)8-6-5-7-13(3)19;1-10-8-11(2)15-14(9-10)17(13(4)16-15)7-5-6-12(3)18;1-9-7-10(2)14-13(8-9)16(12(4)15-14)6-5-11(3)17/h10-11H,5-9H2,1-4H3;3*9-10H,5-8H2,1-4H3;8-9H,5-7H2,1-4H3;7-8H,5-6H2,1-4H3. The SMILES string of the molecule is CC(=O)CCCCCn1c(C)nc2c(C)cc(C)cc21.CC(=O)CCCCn1c(C)nc2c(C)cc(C)cc21.CC(=O)CCCCn1c(C)nc2c(C)cc(C)cc21.CC(=O)CCCCn1c(C)nc2c(C)cc(C)cc21.CC(=O)CCCn1c(C)nc2c(C)cc(C)cc21.CC(=O)CCn1c(C)nc2c(C)cc(C)cc21. The topological polar surface area (TPSA) is 209 Å². The zero-order chi connectivity index (χ0) is 82.5. The minimum Gasteiger partial charge on any atom is -0.328 e. The minimum absolute atomic E-state index is 0.218. The van der Waals surface area contributed by atoms with Gasteiger partial charge in [0.15, 0.2) is 0 Å². The molecule has 0 atom stereocenters. The molecule has 0 aliphatic carbocycles. The lowest BCUT2D eigenvalue weighted by molar-refractivity contribution is -0.118. The fourth-order valence-corrected chi connectivity index (χ4v) is 15.3. The Morgan fingerprint density at radius 1 is 0.205 bits per heavy atom. The molecule has 0 aliphatic heterocycles. The van der Waals surface area contributed by atoms with Crippen molar-refractivity contribution < 1.29 is 28.8 Å². The molecule has 600 valence electrons. The van der Waals surface area contributed by atoms with E-state index in [0.29, 0.717) is 44.3 Å². The van der Waals surface area contributed by atoms with Gasteiger partial charge in [-0.05, 0) is 327 Å². The summed E-state index contributed by atoms with van der Waals surface area (Å²) in [6.07, 6.45) is 14.0. The van der Waals surface area contributed by atoms with Crippen LogP contribution in [0.25, 0.3) is 66.2 Å². The first kappa shape index (κ1) is 89.4. The molecule has 0 spiro atoms. The molecule has 0 bridgehead atoms. The van der Waals surface area contributed by atoms with Crippen molar-refractivity contribution >= 4 is 101 Å². The summed E-state index contributed by atoms with van der Waals surface area (Å²) in [6, 6.07) is 26.2. The van der Waals surface area contributed by atoms with Crippen molar-refractivity contribution in [1.82, 2.24) is 57.3 Å². The second-order valence-electron chi connectivity index (χ2n) is 31.8. The predicted octanol–water partition coefficient (Wildman–Crippen LogP) is 21.5. The van der Waals surface area contributed by atoms with Crippen molar-refractivity contribution in [3.05, 3.63) is 175 Å². The number of hydrogen-bond donors (Lipinski definition) is 0. The van der Waals surface area contributed by atoms with E-state index in [1.54, 1.807) is 41.5 Å². The van der Waals surface area contributed by atoms with E-state index in [9.17, 15) is 28.8 Å². The summed E-state index contributed by atoms with van der Waals surface area (Å²) in [5, 5.41) is 0. The van der Waals surface area contributed by atoms with Gasteiger partial charge in [-0.15, -0.1) is 0 Å². The molecule has 0 fully saturated rings. The summed E-state index contributed by atoms with van der Waals surface area (Å²) in [6.45, 7) is 52.9. The molecule has 0 amide bonds. The fourth-order valence-electron chi connectivity index (χ4n) is 15.3. The number of aromatic nitrogens is 12. The van der Waals surface area contributed by atoms with Crippen molar-refractivity contribution in [2.45, 2.75) is 308 Å². The van der Waals surface area contributed by atoms with Gasteiger partial charge in [-0.1, -0.05) is 42.8 Å². The number of imidazole rings is 6. The van der Waals surface area contributed by atoms with Crippen molar-refractivity contribution in [1.29, 1.82) is 0 Å². The first-order chi connectivity index (χ1) is 52.9. The number of rotatable bonds is 28. The zero-order valence-corrected chi connectivity index (χ0v) is 72.3. The van der Waals surface area contributed by atoms with Crippen LogP contribution in [0.5, 0.6) is 0 Å². The van der Waals surface area contributed by atoms with E-state index in [1.807, 2.05) is 13.8 Å². The molecular weight excluding hydrogens is 1390 g/mol.